The SMILES string of the molecule is COCCNCc1sc(N2CCOCC2(C)C)nc1C. The summed E-state index contributed by atoms with van der Waals surface area (Å²) in [6.07, 6.45) is 0. The standard InChI is InChI=1S/C14H25N3O2S/c1-11-12(9-15-5-7-18-4)20-13(16-11)17-6-8-19-10-14(17,2)3/h15H,5-10H2,1-4H3. The van der Waals surface area contributed by atoms with E-state index in [4.69, 9.17) is 14.5 Å². The van der Waals surface area contributed by atoms with E-state index < -0.39 is 0 Å². The smallest absolute Gasteiger partial charge is 0.186 e. The van der Waals surface area contributed by atoms with Gasteiger partial charge in [-0.25, -0.2) is 4.98 Å². The second-order valence-corrected chi connectivity index (χ2v) is 6.75. The second-order valence-electron chi connectivity index (χ2n) is 5.69. The molecule has 2 rings (SSSR count). The third kappa shape index (κ3) is 3.69. The van der Waals surface area contributed by atoms with Gasteiger partial charge in [0.1, 0.15) is 0 Å². The van der Waals surface area contributed by atoms with Gasteiger partial charge in [0.15, 0.2) is 5.13 Å². The molecule has 2 heterocycles. The summed E-state index contributed by atoms with van der Waals surface area (Å²) in [4.78, 5) is 8.42. The summed E-state index contributed by atoms with van der Waals surface area (Å²) in [6.45, 7) is 11.4. The van der Waals surface area contributed by atoms with Gasteiger partial charge in [-0.15, -0.1) is 11.3 Å². The molecule has 1 fully saturated rings. The number of methoxy groups -OCH3 is 1. The van der Waals surface area contributed by atoms with Gasteiger partial charge in [0.25, 0.3) is 0 Å². The predicted molar refractivity (Wildman–Crippen MR) is 82.7 cm³/mol. The molecular formula is C14H25N3O2S. The quantitative estimate of drug-likeness (QED) is 0.812. The third-order valence-corrected chi connectivity index (χ3v) is 4.71. The first-order valence-corrected chi connectivity index (χ1v) is 7.87. The number of thiazole rings is 1. The van der Waals surface area contributed by atoms with E-state index >= 15 is 0 Å². The van der Waals surface area contributed by atoms with E-state index in [1.54, 1.807) is 18.4 Å². The highest BCUT2D eigenvalue weighted by atomic mass is 32.1. The van der Waals surface area contributed by atoms with Gasteiger partial charge >= 0.3 is 0 Å². The number of rotatable bonds is 6. The number of ether oxygens (including phenoxy) is 2. The molecule has 1 aliphatic heterocycles. The van der Waals surface area contributed by atoms with Crippen LogP contribution in [0.1, 0.15) is 24.4 Å². The first-order valence-electron chi connectivity index (χ1n) is 7.06. The molecule has 0 unspecified atom stereocenters. The lowest BCUT2D eigenvalue weighted by Crippen LogP contribution is -2.53. The number of anilines is 1. The number of hydrogen-bond donors (Lipinski definition) is 1. The van der Waals surface area contributed by atoms with Crippen molar-refractivity contribution in [2.45, 2.75) is 32.9 Å². The molecule has 0 spiro atoms. The summed E-state index contributed by atoms with van der Waals surface area (Å²) < 4.78 is 10.6. The number of aryl methyl sites for hydroxylation is 1. The van der Waals surface area contributed by atoms with Gasteiger partial charge in [-0.2, -0.15) is 0 Å². The molecule has 6 heteroatoms. The fourth-order valence-electron chi connectivity index (χ4n) is 2.28. The first-order chi connectivity index (χ1) is 9.54. The van der Waals surface area contributed by atoms with Crippen molar-refractivity contribution in [2.24, 2.45) is 0 Å². The maximum Gasteiger partial charge on any atom is 0.186 e. The maximum absolute atomic E-state index is 5.57. The van der Waals surface area contributed by atoms with Crippen LogP contribution in [0.2, 0.25) is 0 Å². The largest absolute Gasteiger partial charge is 0.383 e. The molecule has 1 aliphatic rings. The van der Waals surface area contributed by atoms with Crippen molar-refractivity contribution < 1.29 is 9.47 Å². The minimum absolute atomic E-state index is 0.0172. The van der Waals surface area contributed by atoms with Gasteiger partial charge in [0.2, 0.25) is 0 Å². The highest BCUT2D eigenvalue weighted by Gasteiger charge is 2.32. The van der Waals surface area contributed by atoms with Crippen LogP contribution in [0, 0.1) is 6.92 Å². The van der Waals surface area contributed by atoms with Crippen molar-refractivity contribution in [3.63, 3.8) is 0 Å². The Hall–Kier alpha value is -0.690. The summed E-state index contributed by atoms with van der Waals surface area (Å²) in [5.74, 6) is 0. The minimum Gasteiger partial charge on any atom is -0.383 e. The van der Waals surface area contributed by atoms with E-state index in [0.29, 0.717) is 0 Å². The maximum atomic E-state index is 5.57. The van der Waals surface area contributed by atoms with Gasteiger partial charge < -0.3 is 19.7 Å². The molecular weight excluding hydrogens is 274 g/mol. The van der Waals surface area contributed by atoms with Crippen LogP contribution >= 0.6 is 11.3 Å². The summed E-state index contributed by atoms with van der Waals surface area (Å²) in [5.41, 5.74) is 1.14. The van der Waals surface area contributed by atoms with Gasteiger partial charge in [-0.1, -0.05) is 0 Å². The molecule has 20 heavy (non-hydrogen) atoms. The molecule has 0 bridgehead atoms. The third-order valence-electron chi connectivity index (χ3n) is 3.53. The first kappa shape index (κ1) is 15.7. The van der Waals surface area contributed by atoms with Gasteiger partial charge in [-0.05, 0) is 20.8 Å². The van der Waals surface area contributed by atoms with E-state index in [0.717, 1.165) is 50.3 Å². The van der Waals surface area contributed by atoms with Crippen LogP contribution in [0.15, 0.2) is 0 Å². The second kappa shape index (κ2) is 6.85. The van der Waals surface area contributed by atoms with E-state index in [2.05, 4.69) is 31.0 Å². The summed E-state index contributed by atoms with van der Waals surface area (Å²) >= 11 is 1.78. The minimum atomic E-state index is 0.0172. The zero-order valence-corrected chi connectivity index (χ0v) is 13.7. The predicted octanol–water partition coefficient (Wildman–Crippen LogP) is 1.80. The summed E-state index contributed by atoms with van der Waals surface area (Å²) in [5, 5.41) is 4.49. The highest BCUT2D eigenvalue weighted by Crippen LogP contribution is 2.32. The Morgan fingerprint density at radius 3 is 3.00 bits per heavy atom. The number of morpholine rings is 1. The van der Waals surface area contributed by atoms with Crippen LogP contribution in [-0.4, -0.2) is 50.5 Å². The molecule has 0 atom stereocenters. The summed E-state index contributed by atoms with van der Waals surface area (Å²) in [7, 11) is 1.72. The Bertz CT molecular complexity index is 434. The van der Waals surface area contributed by atoms with Crippen molar-refractivity contribution in [3.05, 3.63) is 10.6 Å². The van der Waals surface area contributed by atoms with Gasteiger partial charge in [0, 0.05) is 31.6 Å². The fraction of sp³-hybridized carbons (Fsp3) is 0.786. The van der Waals surface area contributed by atoms with E-state index in [9.17, 15) is 0 Å². The Kier molecular flexibility index (Phi) is 5.37. The zero-order chi connectivity index (χ0) is 14.6. The highest BCUT2D eigenvalue weighted by molar-refractivity contribution is 7.15. The molecule has 1 aromatic heterocycles. The van der Waals surface area contributed by atoms with E-state index in [-0.39, 0.29) is 5.54 Å². The zero-order valence-electron chi connectivity index (χ0n) is 12.9. The average molecular weight is 299 g/mol. The van der Waals surface area contributed by atoms with Crippen LogP contribution in [0.5, 0.6) is 0 Å². The van der Waals surface area contributed by atoms with Crippen molar-refractivity contribution in [1.29, 1.82) is 0 Å². The molecule has 1 saturated heterocycles. The van der Waals surface area contributed by atoms with E-state index in [1.165, 1.54) is 4.88 Å². The van der Waals surface area contributed by atoms with Crippen LogP contribution in [-0.2, 0) is 16.0 Å². The molecule has 0 radical (unpaired) electrons. The molecule has 0 amide bonds. The molecule has 114 valence electrons. The number of hydrogen-bond acceptors (Lipinski definition) is 6. The number of aromatic nitrogens is 1. The molecule has 0 aliphatic carbocycles. The van der Waals surface area contributed by atoms with Crippen LogP contribution in [0.4, 0.5) is 5.13 Å². The van der Waals surface area contributed by atoms with Crippen molar-refractivity contribution >= 4 is 16.5 Å². The van der Waals surface area contributed by atoms with Crippen molar-refractivity contribution in [2.75, 3.05) is 44.9 Å². The van der Waals surface area contributed by atoms with Crippen LogP contribution in [0.3, 0.4) is 0 Å². The normalized spacial score (nSPS) is 18.5. The Morgan fingerprint density at radius 2 is 2.30 bits per heavy atom. The Labute approximate surface area is 125 Å². The lowest BCUT2D eigenvalue weighted by molar-refractivity contribution is 0.0643. The molecule has 1 N–H and O–H groups in total. The van der Waals surface area contributed by atoms with Crippen LogP contribution < -0.4 is 10.2 Å². The Morgan fingerprint density at radius 1 is 1.50 bits per heavy atom. The molecule has 0 saturated carbocycles. The number of nitrogens with zero attached hydrogens (tertiary/aromatic N) is 2. The summed E-state index contributed by atoms with van der Waals surface area (Å²) in [6, 6.07) is 0. The topological polar surface area (TPSA) is 46.6 Å². The average Bonchev–Trinajstić information content (AvgIpc) is 2.75. The van der Waals surface area contributed by atoms with Gasteiger partial charge in [0.05, 0.1) is 31.1 Å². The van der Waals surface area contributed by atoms with Gasteiger partial charge in [-0.3, -0.25) is 0 Å². The van der Waals surface area contributed by atoms with E-state index in [1.807, 2.05) is 0 Å². The van der Waals surface area contributed by atoms with Crippen molar-refractivity contribution in [3.8, 4) is 0 Å². The fourth-order valence-corrected chi connectivity index (χ4v) is 3.50. The monoisotopic (exact) mass is 299 g/mol. The molecule has 5 nitrogen and oxygen atoms in total. The lowest BCUT2D eigenvalue weighted by Gasteiger charge is -2.42. The molecule has 1 aromatic rings. The lowest BCUT2D eigenvalue weighted by atomic mass is 10.0. The van der Waals surface area contributed by atoms with Crippen LogP contribution in [0.25, 0.3) is 0 Å². The molecule has 0 aromatic carbocycles. The Balaban J connectivity index is 2.02. The number of nitrogens with one attached hydrogen (secondary N) is 1. The van der Waals surface area contributed by atoms with Crippen molar-refractivity contribution in [1.82, 2.24) is 10.3 Å².